The van der Waals surface area contributed by atoms with Crippen LogP contribution >= 0.6 is 0 Å². The summed E-state index contributed by atoms with van der Waals surface area (Å²) in [6.45, 7) is 0.384. The summed E-state index contributed by atoms with van der Waals surface area (Å²) in [6.07, 6.45) is 2.23. The Hall–Kier alpha value is -3.54. The van der Waals surface area contributed by atoms with Crippen molar-refractivity contribution in [2.24, 2.45) is 0 Å². The van der Waals surface area contributed by atoms with Crippen molar-refractivity contribution in [3.8, 4) is 11.5 Å². The third-order valence-electron chi connectivity index (χ3n) is 3.74. The summed E-state index contributed by atoms with van der Waals surface area (Å²) in [7, 11) is 0. The Morgan fingerprint density at radius 2 is 1.70 bits per heavy atom. The van der Waals surface area contributed by atoms with Crippen LogP contribution in [0.1, 0.15) is 23.4 Å². The summed E-state index contributed by atoms with van der Waals surface area (Å²) in [5.41, 5.74) is 0.603. The molecule has 0 aliphatic rings. The zero-order chi connectivity index (χ0) is 18.9. The highest BCUT2D eigenvalue weighted by Crippen LogP contribution is 2.29. The van der Waals surface area contributed by atoms with Gasteiger partial charge in [-0.2, -0.15) is 0 Å². The number of carbonyl (C=O) groups is 2. The van der Waals surface area contributed by atoms with Gasteiger partial charge in [0, 0.05) is 13.0 Å². The van der Waals surface area contributed by atoms with E-state index in [2.05, 4.69) is 10.6 Å². The molecule has 3 rings (SSSR count). The number of benzene rings is 2. The van der Waals surface area contributed by atoms with Crippen LogP contribution in [-0.4, -0.2) is 18.4 Å². The van der Waals surface area contributed by atoms with Crippen LogP contribution in [-0.2, 0) is 4.79 Å². The number of para-hydroxylation sites is 3. The number of nitrogens with one attached hydrogen (secondary N) is 2. The summed E-state index contributed by atoms with van der Waals surface area (Å²) in [5, 5.41) is 5.56. The second kappa shape index (κ2) is 9.24. The standard InChI is InChI=1S/C21H20N2O4/c24-20(13-6-14-22-21(25)19-12-7-15-26-19)23-17-10-4-5-11-18(17)27-16-8-2-1-3-9-16/h1-5,7-12,15H,6,13-14H2,(H,22,25)(H,23,24). The Labute approximate surface area is 157 Å². The summed E-state index contributed by atoms with van der Waals surface area (Å²) in [5.74, 6) is 1.09. The van der Waals surface area contributed by atoms with Gasteiger partial charge in [-0.3, -0.25) is 9.59 Å². The first-order chi connectivity index (χ1) is 13.2. The van der Waals surface area contributed by atoms with Crippen molar-refractivity contribution in [1.82, 2.24) is 5.32 Å². The molecule has 0 saturated heterocycles. The molecule has 0 aliphatic heterocycles. The van der Waals surface area contributed by atoms with Crippen LogP contribution < -0.4 is 15.4 Å². The molecule has 2 aromatic carbocycles. The zero-order valence-electron chi connectivity index (χ0n) is 14.7. The molecule has 3 aromatic rings. The van der Waals surface area contributed by atoms with Crippen molar-refractivity contribution < 1.29 is 18.7 Å². The van der Waals surface area contributed by atoms with Crippen molar-refractivity contribution in [3.63, 3.8) is 0 Å². The van der Waals surface area contributed by atoms with Crippen LogP contribution in [0, 0.1) is 0 Å². The van der Waals surface area contributed by atoms with Gasteiger partial charge in [0.25, 0.3) is 5.91 Å². The van der Waals surface area contributed by atoms with E-state index < -0.39 is 0 Å². The first-order valence-electron chi connectivity index (χ1n) is 8.66. The lowest BCUT2D eigenvalue weighted by molar-refractivity contribution is -0.116. The largest absolute Gasteiger partial charge is 0.459 e. The third-order valence-corrected chi connectivity index (χ3v) is 3.74. The van der Waals surface area contributed by atoms with Crippen LogP contribution in [0.4, 0.5) is 5.69 Å². The van der Waals surface area contributed by atoms with Gasteiger partial charge in [-0.1, -0.05) is 30.3 Å². The number of ether oxygens (including phenoxy) is 1. The molecule has 0 radical (unpaired) electrons. The molecule has 1 heterocycles. The summed E-state index contributed by atoms with van der Waals surface area (Å²) >= 11 is 0. The fraction of sp³-hybridized carbons (Fsp3) is 0.143. The molecular weight excluding hydrogens is 344 g/mol. The second-order valence-electron chi connectivity index (χ2n) is 5.80. The maximum absolute atomic E-state index is 12.2. The molecule has 6 heteroatoms. The molecule has 6 nitrogen and oxygen atoms in total. The monoisotopic (exact) mass is 364 g/mol. The fourth-order valence-electron chi connectivity index (χ4n) is 2.43. The normalized spacial score (nSPS) is 10.2. The summed E-state index contributed by atoms with van der Waals surface area (Å²) in [6, 6.07) is 19.9. The Morgan fingerprint density at radius 1 is 0.926 bits per heavy atom. The smallest absolute Gasteiger partial charge is 0.286 e. The van der Waals surface area contributed by atoms with Gasteiger partial charge in [0.05, 0.1) is 12.0 Å². The minimum absolute atomic E-state index is 0.147. The van der Waals surface area contributed by atoms with E-state index in [4.69, 9.17) is 9.15 Å². The molecule has 2 N–H and O–H groups in total. The molecule has 138 valence electrons. The van der Waals surface area contributed by atoms with Crippen LogP contribution in [0.15, 0.2) is 77.4 Å². The van der Waals surface area contributed by atoms with E-state index in [1.807, 2.05) is 42.5 Å². The lowest BCUT2D eigenvalue weighted by atomic mass is 10.2. The number of hydrogen-bond donors (Lipinski definition) is 2. The SMILES string of the molecule is O=C(CCCNC(=O)c1ccco1)Nc1ccccc1Oc1ccccc1. The molecule has 1 aromatic heterocycles. The highest BCUT2D eigenvalue weighted by atomic mass is 16.5. The molecule has 2 amide bonds. The molecule has 0 aliphatic carbocycles. The van der Waals surface area contributed by atoms with E-state index in [1.165, 1.54) is 6.26 Å². The van der Waals surface area contributed by atoms with Gasteiger partial charge in [0.2, 0.25) is 5.91 Å². The minimum atomic E-state index is -0.290. The van der Waals surface area contributed by atoms with Crippen LogP contribution in [0.2, 0.25) is 0 Å². The molecule has 0 bridgehead atoms. The van der Waals surface area contributed by atoms with Crippen molar-refractivity contribution in [3.05, 3.63) is 78.8 Å². The van der Waals surface area contributed by atoms with Crippen molar-refractivity contribution in [2.45, 2.75) is 12.8 Å². The Bertz CT molecular complexity index is 876. The first kappa shape index (κ1) is 18.3. The topological polar surface area (TPSA) is 80.6 Å². The zero-order valence-corrected chi connectivity index (χ0v) is 14.7. The number of rotatable bonds is 8. The molecule has 0 saturated carbocycles. The predicted molar refractivity (Wildman–Crippen MR) is 102 cm³/mol. The van der Waals surface area contributed by atoms with Gasteiger partial charge < -0.3 is 19.8 Å². The number of anilines is 1. The van der Waals surface area contributed by atoms with Gasteiger partial charge in [-0.15, -0.1) is 0 Å². The maximum Gasteiger partial charge on any atom is 0.286 e. The number of amides is 2. The van der Waals surface area contributed by atoms with Crippen molar-refractivity contribution in [2.75, 3.05) is 11.9 Å². The molecule has 0 atom stereocenters. The predicted octanol–water partition coefficient (Wildman–Crippen LogP) is 4.22. The molecule has 0 fully saturated rings. The highest BCUT2D eigenvalue weighted by molar-refractivity contribution is 5.93. The lowest BCUT2D eigenvalue weighted by Crippen LogP contribution is -2.25. The van der Waals surface area contributed by atoms with Gasteiger partial charge in [0.15, 0.2) is 11.5 Å². The maximum atomic E-state index is 12.2. The van der Waals surface area contributed by atoms with Crippen molar-refractivity contribution >= 4 is 17.5 Å². The van der Waals surface area contributed by atoms with Crippen LogP contribution in [0.25, 0.3) is 0 Å². The molecular formula is C21H20N2O4. The van der Waals surface area contributed by atoms with Crippen LogP contribution in [0.5, 0.6) is 11.5 Å². The van der Waals surface area contributed by atoms with E-state index in [0.717, 1.165) is 0 Å². The lowest BCUT2D eigenvalue weighted by Gasteiger charge is -2.12. The summed E-state index contributed by atoms with van der Waals surface area (Å²) in [4.78, 5) is 23.9. The van der Waals surface area contributed by atoms with E-state index in [-0.39, 0.29) is 24.0 Å². The van der Waals surface area contributed by atoms with Gasteiger partial charge >= 0.3 is 0 Å². The Balaban J connectivity index is 1.47. The van der Waals surface area contributed by atoms with E-state index >= 15 is 0 Å². The quantitative estimate of drug-likeness (QED) is 0.587. The fourth-order valence-corrected chi connectivity index (χ4v) is 2.43. The second-order valence-corrected chi connectivity index (χ2v) is 5.80. The van der Waals surface area contributed by atoms with Crippen molar-refractivity contribution in [1.29, 1.82) is 0 Å². The number of furan rings is 1. The Kier molecular flexibility index (Phi) is 6.25. The first-order valence-corrected chi connectivity index (χ1v) is 8.66. The van der Waals surface area contributed by atoms with Crippen LogP contribution in [0.3, 0.4) is 0 Å². The van der Waals surface area contributed by atoms with Gasteiger partial charge in [0.1, 0.15) is 5.75 Å². The average molecular weight is 364 g/mol. The molecule has 0 spiro atoms. The number of hydrogen-bond acceptors (Lipinski definition) is 4. The number of carbonyl (C=O) groups excluding carboxylic acids is 2. The van der Waals surface area contributed by atoms with Gasteiger partial charge in [-0.25, -0.2) is 0 Å². The minimum Gasteiger partial charge on any atom is -0.459 e. The Morgan fingerprint density at radius 3 is 2.48 bits per heavy atom. The third kappa shape index (κ3) is 5.47. The average Bonchev–Trinajstić information content (AvgIpc) is 3.22. The van der Waals surface area contributed by atoms with E-state index in [0.29, 0.717) is 30.2 Å². The summed E-state index contributed by atoms with van der Waals surface area (Å²) < 4.78 is 10.8. The van der Waals surface area contributed by atoms with E-state index in [9.17, 15) is 9.59 Å². The molecule has 27 heavy (non-hydrogen) atoms. The molecule has 0 unspecified atom stereocenters. The highest BCUT2D eigenvalue weighted by Gasteiger charge is 2.10. The van der Waals surface area contributed by atoms with E-state index in [1.54, 1.807) is 24.3 Å². The van der Waals surface area contributed by atoms with Gasteiger partial charge in [-0.05, 0) is 42.8 Å².